The quantitative estimate of drug-likeness (QED) is 0.558. The van der Waals surface area contributed by atoms with Gasteiger partial charge in [0.15, 0.2) is 0 Å². The van der Waals surface area contributed by atoms with E-state index in [0.29, 0.717) is 0 Å². The summed E-state index contributed by atoms with van der Waals surface area (Å²) >= 11 is -3.24. The Hall–Kier alpha value is 1.30. The Bertz CT molecular complexity index is 23.1. The predicted octanol–water partition coefficient (Wildman–Crippen LogP) is -0.183. The van der Waals surface area contributed by atoms with E-state index >= 15 is 0 Å². The second kappa shape index (κ2) is 1.84. The average Bonchev–Trinajstić information content (AvgIpc) is 0.722. The molecule has 0 rings (SSSR count). The molecule has 0 bridgehead atoms. The van der Waals surface area contributed by atoms with E-state index in [4.69, 9.17) is 25.8 Å². The zero-order valence-electron chi connectivity index (χ0n) is 2.41. The Morgan fingerprint density at radius 1 is 1.20 bits per heavy atom. The van der Waals surface area contributed by atoms with Crippen LogP contribution in [0.5, 0.6) is 0 Å². The van der Waals surface area contributed by atoms with Crippen LogP contribution < -0.4 is 7.91 Å². The molecule has 2 nitrogen and oxygen atoms in total. The molecule has 5 heavy (non-hydrogen) atoms. The summed E-state index contributed by atoms with van der Waals surface area (Å²) in [5, 5.41) is 0. The molecule has 0 aliphatic carbocycles. The van der Waals surface area contributed by atoms with Gasteiger partial charge in [-0.3, -0.25) is 0 Å². The van der Waals surface area contributed by atoms with Gasteiger partial charge in [0.1, 0.15) is 0 Å². The molecular formula is H4Cl2N2Sn. The van der Waals surface area contributed by atoms with Crippen molar-refractivity contribution in [3.63, 3.8) is 0 Å². The van der Waals surface area contributed by atoms with Crippen LogP contribution >= 0.6 is 17.8 Å². The summed E-state index contributed by atoms with van der Waals surface area (Å²) in [5.41, 5.74) is 0. The fraction of sp³-hybridized carbons (Fsp3) is 0. The fourth-order valence-corrected chi connectivity index (χ4v) is 0. The molecule has 0 atom stereocenters. The van der Waals surface area contributed by atoms with E-state index in [1.165, 1.54) is 0 Å². The van der Waals surface area contributed by atoms with Crippen molar-refractivity contribution < 1.29 is 0 Å². The van der Waals surface area contributed by atoms with Crippen LogP contribution in [0.1, 0.15) is 0 Å². The third-order valence-electron chi connectivity index (χ3n) is 0. The van der Waals surface area contributed by atoms with Crippen LogP contribution in [0, 0.1) is 0 Å². The van der Waals surface area contributed by atoms with E-state index in [2.05, 4.69) is 0 Å². The Balaban J connectivity index is 3.02. The molecule has 4 N–H and O–H groups in total. The molecule has 0 saturated carbocycles. The normalized spacial score (nSPS) is 12.0. The van der Waals surface area contributed by atoms with Crippen LogP contribution in [0.4, 0.5) is 0 Å². The molecule has 5 heteroatoms. The minimum atomic E-state index is -3.24. The molecule has 0 aromatic carbocycles. The predicted molar refractivity (Wildman–Crippen MR) is 25.8 cm³/mol. The van der Waals surface area contributed by atoms with Crippen LogP contribution in [0.2, 0.25) is 0 Å². The van der Waals surface area contributed by atoms with Crippen molar-refractivity contribution in [3.05, 3.63) is 0 Å². The summed E-state index contributed by atoms with van der Waals surface area (Å²) in [5.74, 6) is 0. The van der Waals surface area contributed by atoms with Gasteiger partial charge in [0.05, 0.1) is 0 Å². The Labute approximate surface area is 42.4 Å². The monoisotopic (exact) mass is 222 g/mol. The van der Waals surface area contributed by atoms with Crippen LogP contribution in [0.15, 0.2) is 0 Å². The molecule has 0 heterocycles. The molecule has 0 saturated heterocycles. The van der Waals surface area contributed by atoms with E-state index in [0.717, 1.165) is 0 Å². The molecular weight excluding hydrogens is 218 g/mol. The third kappa shape index (κ3) is 34.2. The average molecular weight is 222 g/mol. The van der Waals surface area contributed by atoms with Crippen molar-refractivity contribution in [2.24, 2.45) is 7.91 Å². The van der Waals surface area contributed by atoms with E-state index in [9.17, 15) is 0 Å². The molecule has 32 valence electrons. The standard InChI is InChI=1S/2ClH.2H2N.Sn/h2*1H;2*1H2;/q;;2*-1;+4/p-2. The van der Waals surface area contributed by atoms with Gasteiger partial charge in [0, 0.05) is 0 Å². The van der Waals surface area contributed by atoms with Crippen molar-refractivity contribution in [2.75, 3.05) is 0 Å². The van der Waals surface area contributed by atoms with Gasteiger partial charge >= 0.3 is 42.4 Å². The molecule has 0 radical (unpaired) electrons. The van der Waals surface area contributed by atoms with Crippen LogP contribution in [0.25, 0.3) is 0 Å². The van der Waals surface area contributed by atoms with Gasteiger partial charge < -0.3 is 0 Å². The zero-order valence-corrected chi connectivity index (χ0v) is 6.78. The fourth-order valence-electron chi connectivity index (χ4n) is 0. The Kier molecular flexibility index (Phi) is 2.32. The summed E-state index contributed by atoms with van der Waals surface area (Å²) in [6.45, 7) is 0. The van der Waals surface area contributed by atoms with Crippen molar-refractivity contribution in [2.45, 2.75) is 0 Å². The molecule has 0 amide bonds. The van der Waals surface area contributed by atoms with E-state index in [1.807, 2.05) is 0 Å². The first kappa shape index (κ1) is 6.30. The number of hydrogen-bond acceptors (Lipinski definition) is 2. The van der Waals surface area contributed by atoms with Crippen LogP contribution in [-0.4, -0.2) is 16.7 Å². The zero-order chi connectivity index (χ0) is 4.50. The van der Waals surface area contributed by atoms with Gasteiger partial charge in [0.25, 0.3) is 0 Å². The number of nitrogens with two attached hydrogens (primary N) is 2. The van der Waals surface area contributed by atoms with Crippen molar-refractivity contribution in [3.8, 4) is 0 Å². The van der Waals surface area contributed by atoms with Gasteiger partial charge in [0.2, 0.25) is 0 Å². The molecule has 0 aromatic rings. The van der Waals surface area contributed by atoms with E-state index < -0.39 is 16.7 Å². The SMILES string of the molecule is [NH2][Sn]([NH2])([Cl])[Cl]. The van der Waals surface area contributed by atoms with Gasteiger partial charge in [-0.2, -0.15) is 0 Å². The van der Waals surface area contributed by atoms with E-state index in [-0.39, 0.29) is 0 Å². The molecule has 0 aromatic heterocycles. The van der Waals surface area contributed by atoms with Crippen molar-refractivity contribution in [1.82, 2.24) is 0 Å². The number of rotatable bonds is 0. The first-order valence-corrected chi connectivity index (χ1v) is 11.5. The summed E-state index contributed by atoms with van der Waals surface area (Å²) < 4.78 is 9.75. The van der Waals surface area contributed by atoms with Crippen molar-refractivity contribution >= 4 is 34.5 Å². The number of hydrogen-bond donors (Lipinski definition) is 2. The molecule has 0 aliphatic rings. The Morgan fingerprint density at radius 2 is 1.20 bits per heavy atom. The summed E-state index contributed by atoms with van der Waals surface area (Å²) in [6.07, 6.45) is 0. The van der Waals surface area contributed by atoms with Gasteiger partial charge in [-0.1, -0.05) is 0 Å². The third-order valence-corrected chi connectivity index (χ3v) is 0. The first-order chi connectivity index (χ1) is 2.00. The second-order valence-corrected chi connectivity index (χ2v) is 14.2. The molecule has 0 aliphatic heterocycles. The maximum atomic E-state index is 5.06. The number of halogens is 2. The van der Waals surface area contributed by atoms with Crippen LogP contribution in [-0.2, 0) is 0 Å². The van der Waals surface area contributed by atoms with Gasteiger partial charge in [-0.25, -0.2) is 0 Å². The molecule has 0 fully saturated rings. The molecule has 0 spiro atoms. The molecule has 0 unspecified atom stereocenters. The summed E-state index contributed by atoms with van der Waals surface area (Å²) in [4.78, 5) is 0. The van der Waals surface area contributed by atoms with Gasteiger partial charge in [-0.05, 0) is 0 Å². The van der Waals surface area contributed by atoms with E-state index in [1.54, 1.807) is 0 Å². The van der Waals surface area contributed by atoms with Crippen molar-refractivity contribution in [1.29, 1.82) is 0 Å². The second-order valence-electron chi connectivity index (χ2n) is 0.675. The summed E-state index contributed by atoms with van der Waals surface area (Å²) in [6, 6.07) is 0. The minimum absolute atomic E-state index is 3.24. The maximum absolute atomic E-state index is 5.06. The topological polar surface area (TPSA) is 52.0 Å². The Morgan fingerprint density at radius 3 is 1.20 bits per heavy atom. The first-order valence-electron chi connectivity index (χ1n) is 0.955. The van der Waals surface area contributed by atoms with Gasteiger partial charge in [-0.15, -0.1) is 0 Å². The van der Waals surface area contributed by atoms with Crippen LogP contribution in [0.3, 0.4) is 0 Å². The summed E-state index contributed by atoms with van der Waals surface area (Å²) in [7, 11) is 10.1.